The van der Waals surface area contributed by atoms with Gasteiger partial charge in [-0.15, -0.1) is 0 Å². The van der Waals surface area contributed by atoms with E-state index >= 15 is 0 Å². The zero-order chi connectivity index (χ0) is 15.5. The fraction of sp³-hybridized carbons (Fsp3) is 0.312. The first-order valence-electron chi connectivity index (χ1n) is 7.22. The average Bonchev–Trinajstić information content (AvgIpc) is 3.20. The second kappa shape index (κ2) is 6.01. The van der Waals surface area contributed by atoms with E-state index in [0.717, 1.165) is 5.56 Å². The van der Waals surface area contributed by atoms with Crippen LogP contribution in [0.25, 0.3) is 0 Å². The Labute approximate surface area is 128 Å². The van der Waals surface area contributed by atoms with Gasteiger partial charge in [-0.3, -0.25) is 14.3 Å². The van der Waals surface area contributed by atoms with E-state index < -0.39 is 17.9 Å². The molecule has 2 atom stereocenters. The molecule has 114 valence electrons. The molecule has 0 saturated carbocycles. The summed E-state index contributed by atoms with van der Waals surface area (Å²) < 4.78 is 1.62. The van der Waals surface area contributed by atoms with Gasteiger partial charge in [0.2, 0.25) is 0 Å². The van der Waals surface area contributed by atoms with Crippen molar-refractivity contribution in [2.75, 3.05) is 13.1 Å². The predicted octanol–water partition coefficient (Wildman–Crippen LogP) is 1.41. The maximum Gasteiger partial charge on any atom is 0.308 e. The quantitative estimate of drug-likeness (QED) is 0.926. The molecule has 1 saturated heterocycles. The van der Waals surface area contributed by atoms with E-state index in [9.17, 15) is 9.59 Å². The third kappa shape index (κ3) is 2.72. The summed E-state index contributed by atoms with van der Waals surface area (Å²) in [6.45, 7) is 0.735. The van der Waals surface area contributed by atoms with Gasteiger partial charge in [-0.25, -0.2) is 0 Å². The minimum Gasteiger partial charge on any atom is -0.481 e. The lowest BCUT2D eigenvalue weighted by atomic mass is 10.1. The van der Waals surface area contributed by atoms with Gasteiger partial charge in [-0.05, 0) is 18.1 Å². The molecule has 6 heteroatoms. The number of carbonyl (C=O) groups is 2. The Hall–Kier alpha value is -2.63. The number of likely N-dealkylation sites (tertiary alicyclic amines) is 1. The molecular weight excluding hydrogens is 282 g/mol. The van der Waals surface area contributed by atoms with Crippen molar-refractivity contribution in [3.8, 4) is 0 Å². The van der Waals surface area contributed by atoms with Crippen LogP contribution in [0, 0.1) is 5.92 Å². The highest BCUT2D eigenvalue weighted by molar-refractivity contribution is 5.84. The first-order chi connectivity index (χ1) is 10.7. The SMILES string of the molecule is O=C(O)C1CCN(C(=O)C(c2ccccc2)n2cccn2)C1. The number of carboxylic acid groups (broad SMARTS) is 1. The summed E-state index contributed by atoms with van der Waals surface area (Å²) in [6, 6.07) is 10.6. The molecule has 2 unspecified atom stereocenters. The smallest absolute Gasteiger partial charge is 0.308 e. The van der Waals surface area contributed by atoms with Crippen LogP contribution in [0.2, 0.25) is 0 Å². The summed E-state index contributed by atoms with van der Waals surface area (Å²) in [6.07, 6.45) is 3.88. The maximum absolute atomic E-state index is 12.9. The zero-order valence-corrected chi connectivity index (χ0v) is 12.0. The molecule has 1 aromatic heterocycles. The summed E-state index contributed by atoms with van der Waals surface area (Å²) >= 11 is 0. The van der Waals surface area contributed by atoms with E-state index in [2.05, 4.69) is 5.10 Å². The third-order valence-corrected chi connectivity index (χ3v) is 3.99. The molecule has 22 heavy (non-hydrogen) atoms. The molecule has 1 aliphatic heterocycles. The standard InChI is InChI=1S/C16H17N3O3/c20-15(18-10-7-13(11-18)16(21)22)14(19-9-4-8-17-19)12-5-2-1-3-6-12/h1-6,8-9,13-14H,7,10-11H2,(H,21,22). The molecule has 1 fully saturated rings. The van der Waals surface area contributed by atoms with Crippen molar-refractivity contribution in [3.05, 3.63) is 54.4 Å². The van der Waals surface area contributed by atoms with Crippen molar-refractivity contribution >= 4 is 11.9 Å². The van der Waals surface area contributed by atoms with Gasteiger partial charge in [-0.2, -0.15) is 5.10 Å². The molecule has 3 rings (SSSR count). The van der Waals surface area contributed by atoms with E-state index in [1.165, 1.54) is 0 Å². The van der Waals surface area contributed by atoms with E-state index in [-0.39, 0.29) is 12.5 Å². The molecule has 1 amide bonds. The number of aliphatic carboxylic acids is 1. The summed E-state index contributed by atoms with van der Waals surface area (Å²) in [5, 5.41) is 13.3. The molecule has 1 aliphatic rings. The highest BCUT2D eigenvalue weighted by Gasteiger charge is 2.35. The second-order valence-corrected chi connectivity index (χ2v) is 5.41. The molecule has 0 aliphatic carbocycles. The molecule has 2 heterocycles. The fourth-order valence-corrected chi connectivity index (χ4v) is 2.81. The molecule has 2 aromatic rings. The largest absolute Gasteiger partial charge is 0.481 e. The lowest BCUT2D eigenvalue weighted by molar-refractivity contribution is -0.141. The van der Waals surface area contributed by atoms with Crippen molar-refractivity contribution in [1.29, 1.82) is 0 Å². The summed E-state index contributed by atoms with van der Waals surface area (Å²) in [5.74, 6) is -1.43. The van der Waals surface area contributed by atoms with Crippen molar-refractivity contribution in [2.24, 2.45) is 5.92 Å². The number of hydrogen-bond donors (Lipinski definition) is 1. The van der Waals surface area contributed by atoms with E-state index in [1.807, 2.05) is 30.3 Å². The van der Waals surface area contributed by atoms with Crippen LogP contribution in [0.4, 0.5) is 0 Å². The number of rotatable bonds is 4. The number of amides is 1. The Bertz CT molecular complexity index is 655. The third-order valence-electron chi connectivity index (χ3n) is 3.99. The molecule has 0 spiro atoms. The molecule has 1 aromatic carbocycles. The number of hydrogen-bond acceptors (Lipinski definition) is 3. The highest BCUT2D eigenvalue weighted by Crippen LogP contribution is 2.24. The minimum atomic E-state index is -0.842. The Morgan fingerprint density at radius 2 is 2.00 bits per heavy atom. The van der Waals surface area contributed by atoms with Crippen LogP contribution in [0.5, 0.6) is 0 Å². The molecule has 6 nitrogen and oxygen atoms in total. The fourth-order valence-electron chi connectivity index (χ4n) is 2.81. The van der Waals surface area contributed by atoms with Crippen molar-refractivity contribution in [3.63, 3.8) is 0 Å². The molecular formula is C16H17N3O3. The van der Waals surface area contributed by atoms with Crippen LogP contribution < -0.4 is 0 Å². The van der Waals surface area contributed by atoms with Gasteiger partial charge in [0.25, 0.3) is 5.91 Å². The van der Waals surface area contributed by atoms with Crippen LogP contribution in [-0.4, -0.2) is 44.8 Å². The normalized spacial score (nSPS) is 19.1. The number of carbonyl (C=O) groups excluding carboxylic acids is 1. The van der Waals surface area contributed by atoms with Crippen LogP contribution in [-0.2, 0) is 9.59 Å². The minimum absolute atomic E-state index is 0.112. The van der Waals surface area contributed by atoms with Crippen molar-refractivity contribution in [1.82, 2.24) is 14.7 Å². The Kier molecular flexibility index (Phi) is 3.91. The lowest BCUT2D eigenvalue weighted by Crippen LogP contribution is -2.37. The molecule has 1 N–H and O–H groups in total. The van der Waals surface area contributed by atoms with E-state index in [1.54, 1.807) is 28.0 Å². The monoisotopic (exact) mass is 299 g/mol. The van der Waals surface area contributed by atoms with Crippen molar-refractivity contribution < 1.29 is 14.7 Å². The van der Waals surface area contributed by atoms with Gasteiger partial charge >= 0.3 is 5.97 Å². The maximum atomic E-state index is 12.9. The van der Waals surface area contributed by atoms with Crippen molar-refractivity contribution in [2.45, 2.75) is 12.5 Å². The number of benzene rings is 1. The van der Waals surface area contributed by atoms with Crippen LogP contribution >= 0.6 is 0 Å². The number of aromatic nitrogens is 2. The zero-order valence-electron chi connectivity index (χ0n) is 12.0. The lowest BCUT2D eigenvalue weighted by Gasteiger charge is -2.24. The Balaban J connectivity index is 1.87. The second-order valence-electron chi connectivity index (χ2n) is 5.41. The first-order valence-corrected chi connectivity index (χ1v) is 7.22. The number of nitrogens with zero attached hydrogens (tertiary/aromatic N) is 3. The van der Waals surface area contributed by atoms with E-state index in [0.29, 0.717) is 13.0 Å². The van der Waals surface area contributed by atoms with E-state index in [4.69, 9.17) is 5.11 Å². The van der Waals surface area contributed by atoms with Gasteiger partial charge < -0.3 is 10.0 Å². The Morgan fingerprint density at radius 3 is 2.59 bits per heavy atom. The first kappa shape index (κ1) is 14.3. The summed E-state index contributed by atoms with van der Waals surface area (Å²) in [7, 11) is 0. The van der Waals surface area contributed by atoms with Gasteiger partial charge in [0.1, 0.15) is 0 Å². The topological polar surface area (TPSA) is 75.4 Å². The number of carboxylic acids is 1. The molecule has 0 bridgehead atoms. The molecule has 0 radical (unpaired) electrons. The predicted molar refractivity (Wildman–Crippen MR) is 79.1 cm³/mol. The summed E-state index contributed by atoms with van der Waals surface area (Å²) in [5.41, 5.74) is 0.843. The van der Waals surface area contributed by atoms with Crippen LogP contribution in [0.15, 0.2) is 48.8 Å². The average molecular weight is 299 g/mol. The van der Waals surface area contributed by atoms with Crippen LogP contribution in [0.1, 0.15) is 18.0 Å². The summed E-state index contributed by atoms with van der Waals surface area (Å²) in [4.78, 5) is 25.6. The highest BCUT2D eigenvalue weighted by atomic mass is 16.4. The van der Waals surface area contributed by atoms with Gasteiger partial charge in [-0.1, -0.05) is 30.3 Å². The van der Waals surface area contributed by atoms with Gasteiger partial charge in [0.15, 0.2) is 6.04 Å². The van der Waals surface area contributed by atoms with Gasteiger partial charge in [0.05, 0.1) is 5.92 Å². The van der Waals surface area contributed by atoms with Crippen LogP contribution in [0.3, 0.4) is 0 Å². The van der Waals surface area contributed by atoms with Gasteiger partial charge in [0, 0.05) is 25.5 Å². The Morgan fingerprint density at radius 1 is 1.23 bits per heavy atom.